The Balaban J connectivity index is 1.38. The SMILES string of the molecule is CC[C@H](C)[C@@H]([C@@H](CC(=O)N1CCC[C@H]1[C@H](OC)[C@@H](C)C(=O)N[C@@H](Cc1ccccc1)C(=O)O)OC)N(C)C(=O)[C@@H](NC(=O)[C@H](C(C)C)N(C)CCc1ccc(NC(=O)[C@H](CCCNC(N)=O)NC(=O)[C@@H](NC(=O)CCCCCN2C(=O)CC(C(C)C)C2=O)C(C)C)cc1)C(C)C. The molecular weight excluding hydrogens is 1230 g/mol. The Kier molecular flexibility index (Phi) is 33.4. The second kappa shape index (κ2) is 39.6. The zero-order chi connectivity index (χ0) is 71.7. The van der Waals surface area contributed by atoms with E-state index in [1.54, 1.807) is 74.0 Å². The van der Waals surface area contributed by atoms with Crippen molar-refractivity contribution in [3.63, 3.8) is 0 Å². The first-order valence-corrected chi connectivity index (χ1v) is 34.4. The van der Waals surface area contributed by atoms with Gasteiger partial charge in [0.05, 0.1) is 42.7 Å². The number of unbranched alkanes of at least 4 members (excludes halogenated alkanes) is 2. The number of carbonyl (C=O) groups is 11. The van der Waals surface area contributed by atoms with Gasteiger partial charge in [-0.2, -0.15) is 0 Å². The summed E-state index contributed by atoms with van der Waals surface area (Å²) < 4.78 is 12.0. The molecule has 2 aromatic rings. The molecule has 2 fully saturated rings. The van der Waals surface area contributed by atoms with Gasteiger partial charge in [-0.3, -0.25) is 53.0 Å². The fraction of sp³-hybridized carbons (Fsp3) is 0.676. The molecule has 2 aliphatic rings. The van der Waals surface area contributed by atoms with Crippen LogP contribution in [0.3, 0.4) is 0 Å². The number of urea groups is 1. The molecule has 2 aromatic carbocycles. The first-order chi connectivity index (χ1) is 45.4. The van der Waals surface area contributed by atoms with E-state index in [1.807, 2.05) is 85.5 Å². The molecule has 9 N–H and O–H groups in total. The standard InChI is InChI=1S/C71H113N11O14/c1-16-46(10)62(55(95-14)41-58(85)81-37-24-28-54(81)63(96-15)47(11)64(86)76-53(70(92)93)39-49-25-19-17-20-26-49)80(13)69(91)60(44(6)7)78-67(89)61(45(8)9)79(12)38-34-48-30-32-50(33-31-48)74-65(87)52(27-23-35-73-71(72)94)75-66(88)59(43(4)5)77-56(83)29-21-18-22-36-82-57(84)40-51(42(2)3)68(82)90/h17,19-20,25-26,30-33,42-47,51-55,59-63H,16,18,21-24,27-29,34-41H2,1-15H3,(H,74,87)(H,75,88)(H,76,86)(H,77,83)(H,78,89)(H,92,93)(H3,72,73,94)/t46-,47+,51?,52-,53-,54-,55+,59-,60-,61-,62-,63+/m0/s1. The maximum atomic E-state index is 14.9. The van der Waals surface area contributed by atoms with Crippen molar-refractivity contribution in [2.24, 2.45) is 47.2 Å². The van der Waals surface area contributed by atoms with Crippen molar-refractivity contribution in [2.75, 3.05) is 59.8 Å². The zero-order valence-corrected chi connectivity index (χ0v) is 59.6. The number of amides is 11. The first kappa shape index (κ1) is 80.9. The summed E-state index contributed by atoms with van der Waals surface area (Å²) in [6, 6.07) is 9.58. The van der Waals surface area contributed by atoms with Crippen molar-refractivity contribution < 1.29 is 67.3 Å². The van der Waals surface area contributed by atoms with Crippen molar-refractivity contribution in [1.82, 2.24) is 46.2 Å². The molecule has 0 spiro atoms. The first-order valence-electron chi connectivity index (χ1n) is 34.4. The quantitative estimate of drug-likeness (QED) is 0.0294. The largest absolute Gasteiger partial charge is 0.480 e. The Labute approximate surface area is 568 Å². The van der Waals surface area contributed by atoms with Gasteiger partial charge in [-0.15, -0.1) is 0 Å². The van der Waals surface area contributed by atoms with Crippen LogP contribution in [0.1, 0.15) is 158 Å². The maximum Gasteiger partial charge on any atom is 0.326 e. The minimum Gasteiger partial charge on any atom is -0.480 e. The van der Waals surface area contributed by atoms with Gasteiger partial charge in [0, 0.05) is 78.3 Å². The third kappa shape index (κ3) is 23.9. The van der Waals surface area contributed by atoms with E-state index >= 15 is 0 Å². The summed E-state index contributed by atoms with van der Waals surface area (Å²) in [6.45, 7) is 22.0. The molecule has 0 saturated carbocycles. The Hall–Kier alpha value is -7.51. The van der Waals surface area contributed by atoms with Crippen LogP contribution < -0.4 is 37.6 Å². The number of anilines is 1. The van der Waals surface area contributed by atoms with Gasteiger partial charge >= 0.3 is 12.0 Å². The maximum absolute atomic E-state index is 14.9. The van der Waals surface area contributed by atoms with Gasteiger partial charge in [-0.05, 0) is 105 Å². The molecule has 11 amide bonds. The number of likely N-dealkylation sites (N-methyl/N-ethyl adjacent to an activating group) is 2. The minimum absolute atomic E-state index is 0.0712. The topological polar surface area (TPSA) is 338 Å². The number of carboxylic acid groups (broad SMARTS) is 1. The molecule has 0 radical (unpaired) electrons. The summed E-state index contributed by atoms with van der Waals surface area (Å²) in [5.41, 5.74) is 7.38. The number of rotatable bonds is 41. The smallest absolute Gasteiger partial charge is 0.326 e. The molecule has 2 aliphatic heterocycles. The van der Waals surface area contributed by atoms with Crippen molar-refractivity contribution in [2.45, 2.75) is 214 Å². The van der Waals surface area contributed by atoms with Crippen LogP contribution in [0.5, 0.6) is 0 Å². The predicted octanol–water partition coefficient (Wildman–Crippen LogP) is 5.66. The molecule has 25 nitrogen and oxygen atoms in total. The molecule has 96 heavy (non-hydrogen) atoms. The van der Waals surface area contributed by atoms with Crippen molar-refractivity contribution in [1.29, 1.82) is 0 Å². The lowest BCUT2D eigenvalue weighted by Crippen LogP contribution is -2.60. The van der Waals surface area contributed by atoms with E-state index < -0.39 is 90.1 Å². The second-order valence-corrected chi connectivity index (χ2v) is 27.5. The number of carboxylic acids is 1. The van der Waals surface area contributed by atoms with Crippen molar-refractivity contribution in [3.05, 3.63) is 65.7 Å². The van der Waals surface area contributed by atoms with Crippen molar-refractivity contribution in [3.8, 4) is 0 Å². The summed E-state index contributed by atoms with van der Waals surface area (Å²) in [5.74, 6) is -6.41. The molecule has 4 rings (SSSR count). The molecule has 0 bridgehead atoms. The number of carbonyl (C=O) groups excluding carboxylic acids is 10. The van der Waals surface area contributed by atoms with E-state index in [0.29, 0.717) is 76.7 Å². The summed E-state index contributed by atoms with van der Waals surface area (Å²) in [6.07, 6.45) is 3.21. The highest BCUT2D eigenvalue weighted by atomic mass is 16.5. The predicted molar refractivity (Wildman–Crippen MR) is 366 cm³/mol. The van der Waals surface area contributed by atoms with Crippen LogP contribution in [0, 0.1) is 41.4 Å². The molecule has 25 heteroatoms. The summed E-state index contributed by atoms with van der Waals surface area (Å²) >= 11 is 0. The molecule has 2 saturated heterocycles. The third-order valence-corrected chi connectivity index (χ3v) is 19.0. The number of ether oxygens (including phenoxy) is 2. The van der Waals surface area contributed by atoms with E-state index in [2.05, 4.69) is 31.9 Å². The number of hydrogen-bond donors (Lipinski definition) is 8. The number of nitrogens with one attached hydrogen (secondary N) is 6. The fourth-order valence-corrected chi connectivity index (χ4v) is 13.1. The Bertz CT molecular complexity index is 2890. The third-order valence-electron chi connectivity index (χ3n) is 19.0. The Morgan fingerprint density at radius 1 is 0.719 bits per heavy atom. The molecule has 536 valence electrons. The number of hydrogen-bond acceptors (Lipinski definition) is 14. The molecule has 12 atom stereocenters. The average molecular weight is 1340 g/mol. The van der Waals surface area contributed by atoms with Crippen LogP contribution in [0.2, 0.25) is 0 Å². The number of imide groups is 1. The van der Waals surface area contributed by atoms with E-state index in [0.717, 1.165) is 11.1 Å². The molecule has 0 aliphatic carbocycles. The van der Waals surface area contributed by atoms with Gasteiger partial charge in [-0.25, -0.2) is 9.59 Å². The van der Waals surface area contributed by atoms with Gasteiger partial charge < -0.3 is 62.0 Å². The van der Waals surface area contributed by atoms with Crippen LogP contribution in [0.15, 0.2) is 54.6 Å². The normalized spacial score (nSPS) is 18.1. The highest BCUT2D eigenvalue weighted by Gasteiger charge is 2.45. The van der Waals surface area contributed by atoms with E-state index in [-0.39, 0.29) is 110 Å². The number of primary amides is 1. The molecule has 1 unspecified atom stereocenters. The molecular formula is C71H113N11O14. The Morgan fingerprint density at radius 3 is 1.93 bits per heavy atom. The fourth-order valence-electron chi connectivity index (χ4n) is 13.1. The summed E-state index contributed by atoms with van der Waals surface area (Å²) in [7, 11) is 6.52. The second-order valence-electron chi connectivity index (χ2n) is 27.5. The van der Waals surface area contributed by atoms with Gasteiger partial charge in [0.2, 0.25) is 53.2 Å². The zero-order valence-electron chi connectivity index (χ0n) is 59.6. The number of nitrogens with zero attached hydrogens (tertiary/aromatic N) is 4. The minimum atomic E-state index is -1.18. The number of methoxy groups -OCH3 is 2. The van der Waals surface area contributed by atoms with Gasteiger partial charge in [-0.1, -0.05) is 131 Å². The lowest BCUT2D eigenvalue weighted by atomic mass is 9.89. The van der Waals surface area contributed by atoms with E-state index in [1.165, 1.54) is 19.1 Å². The van der Waals surface area contributed by atoms with Crippen LogP contribution in [0.25, 0.3) is 0 Å². The number of nitrogens with two attached hydrogens (primary N) is 1. The number of likely N-dealkylation sites (tertiary alicyclic amines) is 2. The van der Waals surface area contributed by atoms with Crippen LogP contribution >= 0.6 is 0 Å². The van der Waals surface area contributed by atoms with Crippen LogP contribution in [-0.4, -0.2) is 199 Å². The number of aliphatic carboxylic acids is 1. The highest BCUT2D eigenvalue weighted by molar-refractivity contribution is 6.03. The number of benzene rings is 2. The summed E-state index contributed by atoms with van der Waals surface area (Å²) in [5, 5.41) is 26.8. The lowest BCUT2D eigenvalue weighted by Gasteiger charge is -2.41. The van der Waals surface area contributed by atoms with Crippen LogP contribution in [-0.2, 0) is 70.3 Å². The van der Waals surface area contributed by atoms with E-state index in [4.69, 9.17) is 15.2 Å². The van der Waals surface area contributed by atoms with Gasteiger partial charge in [0.15, 0.2) is 0 Å². The molecule has 0 aromatic heterocycles. The summed E-state index contributed by atoms with van der Waals surface area (Å²) in [4.78, 5) is 154. The average Bonchev–Trinajstić information content (AvgIpc) is 1.84. The van der Waals surface area contributed by atoms with Gasteiger partial charge in [0.1, 0.15) is 24.2 Å². The molecule has 2 heterocycles. The van der Waals surface area contributed by atoms with Crippen molar-refractivity contribution >= 4 is 70.9 Å². The van der Waals surface area contributed by atoms with E-state index in [9.17, 15) is 57.8 Å². The van der Waals surface area contributed by atoms with Gasteiger partial charge in [0.25, 0.3) is 0 Å². The Morgan fingerprint density at radius 2 is 1.36 bits per heavy atom. The highest BCUT2D eigenvalue weighted by Crippen LogP contribution is 2.31. The van der Waals surface area contributed by atoms with Crippen LogP contribution in [0.4, 0.5) is 10.5 Å². The monoisotopic (exact) mass is 1340 g/mol. The lowest BCUT2D eigenvalue weighted by molar-refractivity contribution is -0.148.